The summed E-state index contributed by atoms with van der Waals surface area (Å²) < 4.78 is 13.1. The fourth-order valence-electron chi connectivity index (χ4n) is 1.03. The Balaban J connectivity index is 2.92. The van der Waals surface area contributed by atoms with Crippen LogP contribution in [-0.2, 0) is 4.79 Å². The fraction of sp³-hybridized carbons (Fsp3) is 0.200. The number of anilines is 1. The number of carbonyl (C=O) groups excluding carboxylic acids is 1. The zero-order valence-electron chi connectivity index (χ0n) is 8.04. The van der Waals surface area contributed by atoms with E-state index in [1.807, 2.05) is 0 Å². The number of halogens is 1. The molecule has 0 aliphatic heterocycles. The molecule has 0 spiro atoms. The number of hydrogen-bond acceptors (Lipinski definition) is 3. The van der Waals surface area contributed by atoms with E-state index in [-0.39, 0.29) is 12.1 Å². The van der Waals surface area contributed by atoms with E-state index < -0.39 is 11.7 Å². The number of thiol groups is 1. The second-order valence-electron chi connectivity index (χ2n) is 3.00. The highest BCUT2D eigenvalue weighted by Crippen LogP contribution is 2.23. The van der Waals surface area contributed by atoms with Crippen molar-refractivity contribution >= 4 is 24.2 Å². The maximum atomic E-state index is 13.1. The third-order valence-electron chi connectivity index (χ3n) is 1.79. The lowest BCUT2D eigenvalue weighted by Gasteiger charge is -2.07. The Morgan fingerprint density at radius 1 is 1.67 bits per heavy atom. The minimum atomic E-state index is -0.476. The van der Waals surface area contributed by atoms with Crippen molar-refractivity contribution in [2.75, 3.05) is 5.32 Å². The van der Waals surface area contributed by atoms with Crippen molar-refractivity contribution < 1.29 is 9.18 Å². The molecule has 3 nitrogen and oxygen atoms in total. The number of nitriles is 1. The van der Waals surface area contributed by atoms with Gasteiger partial charge in [-0.25, -0.2) is 4.39 Å². The number of amides is 1. The van der Waals surface area contributed by atoms with E-state index in [4.69, 9.17) is 5.26 Å². The average molecular weight is 224 g/mol. The van der Waals surface area contributed by atoms with Crippen LogP contribution in [0.2, 0.25) is 0 Å². The molecule has 0 saturated heterocycles. The van der Waals surface area contributed by atoms with Crippen molar-refractivity contribution in [3.8, 4) is 6.07 Å². The SMILES string of the molecule is Cc1cc(S)c(NC(=O)CC#N)cc1F. The van der Waals surface area contributed by atoms with E-state index in [1.54, 1.807) is 13.0 Å². The predicted molar refractivity (Wildman–Crippen MR) is 57.2 cm³/mol. The number of rotatable bonds is 2. The maximum absolute atomic E-state index is 13.1. The van der Waals surface area contributed by atoms with Crippen molar-refractivity contribution in [1.82, 2.24) is 0 Å². The predicted octanol–water partition coefficient (Wildman–Crippen LogP) is 2.28. The van der Waals surface area contributed by atoms with Crippen LogP contribution in [-0.4, -0.2) is 5.91 Å². The summed E-state index contributed by atoms with van der Waals surface area (Å²) >= 11 is 4.09. The molecule has 1 aromatic carbocycles. The Bertz CT molecular complexity index is 440. The maximum Gasteiger partial charge on any atom is 0.238 e. The van der Waals surface area contributed by atoms with Gasteiger partial charge in [-0.05, 0) is 24.6 Å². The highest BCUT2D eigenvalue weighted by atomic mass is 32.1. The third kappa shape index (κ3) is 2.96. The lowest BCUT2D eigenvalue weighted by Crippen LogP contribution is -2.11. The molecule has 0 unspecified atom stereocenters. The molecular formula is C10H9FN2OS. The van der Waals surface area contributed by atoms with Crippen molar-refractivity contribution in [2.24, 2.45) is 0 Å². The molecule has 0 aliphatic rings. The molecule has 1 aromatic rings. The normalized spacial score (nSPS) is 9.47. The van der Waals surface area contributed by atoms with Crippen LogP contribution in [0.3, 0.4) is 0 Å². The van der Waals surface area contributed by atoms with Crippen molar-refractivity contribution in [3.05, 3.63) is 23.5 Å². The van der Waals surface area contributed by atoms with Crippen LogP contribution < -0.4 is 5.32 Å². The van der Waals surface area contributed by atoms with E-state index in [1.165, 1.54) is 12.1 Å². The van der Waals surface area contributed by atoms with Crippen molar-refractivity contribution in [3.63, 3.8) is 0 Å². The molecule has 0 radical (unpaired) electrons. The van der Waals surface area contributed by atoms with E-state index in [0.717, 1.165) is 0 Å². The Morgan fingerprint density at radius 2 is 2.33 bits per heavy atom. The summed E-state index contributed by atoms with van der Waals surface area (Å²) in [6.45, 7) is 1.61. The molecule has 15 heavy (non-hydrogen) atoms. The van der Waals surface area contributed by atoms with Gasteiger partial charge < -0.3 is 5.32 Å². The zero-order valence-corrected chi connectivity index (χ0v) is 8.94. The number of nitrogens with one attached hydrogen (secondary N) is 1. The summed E-state index contributed by atoms with van der Waals surface area (Å²) in [6.07, 6.45) is -0.261. The number of hydrogen-bond donors (Lipinski definition) is 2. The van der Waals surface area contributed by atoms with Gasteiger partial charge in [0.1, 0.15) is 12.2 Å². The molecule has 78 valence electrons. The zero-order chi connectivity index (χ0) is 11.4. The Labute approximate surface area is 92.3 Å². The first-order chi connectivity index (χ1) is 7.04. The smallest absolute Gasteiger partial charge is 0.238 e. The van der Waals surface area contributed by atoms with Gasteiger partial charge in [0, 0.05) is 4.90 Å². The van der Waals surface area contributed by atoms with Gasteiger partial charge in [0.05, 0.1) is 11.8 Å². The van der Waals surface area contributed by atoms with Gasteiger partial charge in [-0.1, -0.05) is 0 Å². The molecule has 0 bridgehead atoms. The van der Waals surface area contributed by atoms with Gasteiger partial charge in [0.25, 0.3) is 0 Å². The molecule has 5 heteroatoms. The Morgan fingerprint density at radius 3 is 2.93 bits per heavy atom. The fourth-order valence-corrected chi connectivity index (χ4v) is 1.35. The molecule has 0 aromatic heterocycles. The molecule has 0 atom stereocenters. The standard InChI is InChI=1S/C10H9FN2OS/c1-6-4-9(15)8(5-7(6)11)13-10(14)2-3-12/h4-5,15H,2H2,1H3,(H,13,14). The van der Waals surface area contributed by atoms with E-state index >= 15 is 0 Å². The van der Waals surface area contributed by atoms with Crippen LogP contribution in [0.4, 0.5) is 10.1 Å². The molecule has 0 saturated carbocycles. The van der Waals surface area contributed by atoms with Gasteiger partial charge in [0.2, 0.25) is 5.91 Å². The highest BCUT2D eigenvalue weighted by molar-refractivity contribution is 7.80. The van der Waals surface area contributed by atoms with Gasteiger partial charge in [-0.2, -0.15) is 5.26 Å². The minimum absolute atomic E-state index is 0.261. The number of nitrogens with zero attached hydrogens (tertiary/aromatic N) is 1. The van der Waals surface area contributed by atoms with Crippen LogP contribution >= 0.6 is 12.6 Å². The van der Waals surface area contributed by atoms with Crippen LogP contribution in [0, 0.1) is 24.1 Å². The van der Waals surface area contributed by atoms with Crippen LogP contribution in [0.25, 0.3) is 0 Å². The monoisotopic (exact) mass is 224 g/mol. The summed E-state index contributed by atoms with van der Waals surface area (Å²) in [5, 5.41) is 10.7. The molecular weight excluding hydrogens is 215 g/mol. The largest absolute Gasteiger partial charge is 0.324 e. The lowest BCUT2D eigenvalue weighted by molar-refractivity contribution is -0.115. The molecule has 0 aliphatic carbocycles. The second kappa shape index (κ2) is 4.80. The first-order valence-corrected chi connectivity index (χ1v) is 4.65. The Hall–Kier alpha value is -1.54. The molecule has 0 fully saturated rings. The minimum Gasteiger partial charge on any atom is -0.324 e. The van der Waals surface area contributed by atoms with E-state index in [0.29, 0.717) is 10.5 Å². The first-order valence-electron chi connectivity index (χ1n) is 4.20. The first kappa shape index (κ1) is 11.5. The van der Waals surface area contributed by atoms with E-state index in [9.17, 15) is 9.18 Å². The van der Waals surface area contributed by atoms with Crippen molar-refractivity contribution in [2.45, 2.75) is 18.2 Å². The lowest BCUT2D eigenvalue weighted by atomic mass is 10.2. The molecule has 1 rings (SSSR count). The number of benzene rings is 1. The number of carbonyl (C=O) groups is 1. The average Bonchev–Trinajstić information content (AvgIpc) is 2.14. The van der Waals surface area contributed by atoms with Crippen molar-refractivity contribution in [1.29, 1.82) is 5.26 Å². The highest BCUT2D eigenvalue weighted by Gasteiger charge is 2.07. The topological polar surface area (TPSA) is 52.9 Å². The summed E-state index contributed by atoms with van der Waals surface area (Å²) in [4.78, 5) is 11.5. The van der Waals surface area contributed by atoms with Crippen LogP contribution in [0.1, 0.15) is 12.0 Å². The van der Waals surface area contributed by atoms with Crippen LogP contribution in [0.5, 0.6) is 0 Å². The molecule has 1 amide bonds. The summed E-state index contributed by atoms with van der Waals surface area (Å²) in [5.74, 6) is -0.892. The second-order valence-corrected chi connectivity index (χ2v) is 3.48. The van der Waals surface area contributed by atoms with Gasteiger partial charge in [0.15, 0.2) is 0 Å². The summed E-state index contributed by atoms with van der Waals surface area (Å²) in [5.41, 5.74) is 0.736. The molecule has 1 N–H and O–H groups in total. The quantitative estimate of drug-likeness (QED) is 0.757. The van der Waals surface area contributed by atoms with Crippen LogP contribution in [0.15, 0.2) is 17.0 Å². The third-order valence-corrected chi connectivity index (χ3v) is 2.16. The number of aryl methyl sites for hydroxylation is 1. The Kier molecular flexibility index (Phi) is 3.69. The molecule has 0 heterocycles. The van der Waals surface area contributed by atoms with Gasteiger partial charge in [-0.3, -0.25) is 4.79 Å². The van der Waals surface area contributed by atoms with E-state index in [2.05, 4.69) is 17.9 Å². The van der Waals surface area contributed by atoms with Gasteiger partial charge >= 0.3 is 0 Å². The summed E-state index contributed by atoms with van der Waals surface area (Å²) in [7, 11) is 0. The van der Waals surface area contributed by atoms with Gasteiger partial charge in [-0.15, -0.1) is 12.6 Å². The summed E-state index contributed by atoms with van der Waals surface area (Å²) in [6, 6.07) is 4.40.